The highest BCUT2D eigenvalue weighted by atomic mass is 32.1. The van der Waals surface area contributed by atoms with Crippen molar-refractivity contribution in [2.24, 2.45) is 0 Å². The van der Waals surface area contributed by atoms with Crippen LogP contribution in [0.15, 0.2) is 18.2 Å². The number of benzene rings is 1. The van der Waals surface area contributed by atoms with E-state index >= 15 is 0 Å². The SMILES string of the molecule is COc1ccc(OC)c2sc(C=O)cc12. The summed E-state index contributed by atoms with van der Waals surface area (Å²) in [5, 5.41) is 0.920. The molecule has 0 aliphatic carbocycles. The molecule has 15 heavy (non-hydrogen) atoms. The van der Waals surface area contributed by atoms with Crippen molar-refractivity contribution in [1.29, 1.82) is 0 Å². The molecule has 78 valence electrons. The predicted octanol–water partition coefficient (Wildman–Crippen LogP) is 2.73. The molecule has 0 saturated carbocycles. The lowest BCUT2D eigenvalue weighted by atomic mass is 10.2. The van der Waals surface area contributed by atoms with Crippen LogP contribution in [0.4, 0.5) is 0 Å². The molecule has 0 amide bonds. The highest BCUT2D eigenvalue weighted by Crippen LogP contribution is 2.38. The standard InChI is InChI=1S/C11H10O3S/c1-13-9-3-4-10(14-2)11-8(9)5-7(6-12)15-11/h3-6H,1-2H3. The molecular formula is C11H10O3S. The molecule has 3 nitrogen and oxygen atoms in total. The molecule has 1 heterocycles. The second-order valence-electron chi connectivity index (χ2n) is 2.98. The van der Waals surface area contributed by atoms with Gasteiger partial charge in [0, 0.05) is 5.39 Å². The van der Waals surface area contributed by atoms with Crippen LogP contribution in [0.2, 0.25) is 0 Å². The maximum atomic E-state index is 10.7. The highest BCUT2D eigenvalue weighted by molar-refractivity contribution is 7.21. The molecule has 1 aromatic carbocycles. The second-order valence-corrected chi connectivity index (χ2v) is 4.06. The quantitative estimate of drug-likeness (QED) is 0.749. The maximum absolute atomic E-state index is 10.7. The highest BCUT2D eigenvalue weighted by Gasteiger charge is 2.10. The molecule has 0 fully saturated rings. The van der Waals surface area contributed by atoms with Gasteiger partial charge in [0.15, 0.2) is 6.29 Å². The summed E-state index contributed by atoms with van der Waals surface area (Å²) < 4.78 is 11.4. The van der Waals surface area contributed by atoms with Gasteiger partial charge < -0.3 is 9.47 Å². The van der Waals surface area contributed by atoms with Crippen LogP contribution >= 0.6 is 11.3 Å². The first-order chi connectivity index (χ1) is 7.30. The summed E-state index contributed by atoms with van der Waals surface area (Å²) in [6, 6.07) is 5.49. The minimum atomic E-state index is 0.674. The van der Waals surface area contributed by atoms with Crippen molar-refractivity contribution in [2.75, 3.05) is 14.2 Å². The molecule has 2 aromatic rings. The number of carbonyl (C=O) groups is 1. The third-order valence-corrected chi connectivity index (χ3v) is 3.26. The van der Waals surface area contributed by atoms with Gasteiger partial charge in [-0.1, -0.05) is 0 Å². The summed E-state index contributed by atoms with van der Waals surface area (Å²) in [7, 11) is 3.22. The van der Waals surface area contributed by atoms with Crippen molar-refractivity contribution in [2.45, 2.75) is 0 Å². The van der Waals surface area contributed by atoms with Gasteiger partial charge in [-0.2, -0.15) is 0 Å². The molecule has 0 N–H and O–H groups in total. The summed E-state index contributed by atoms with van der Waals surface area (Å²) in [5.41, 5.74) is 0. The molecule has 0 unspecified atom stereocenters. The lowest BCUT2D eigenvalue weighted by Gasteiger charge is -2.04. The van der Waals surface area contributed by atoms with Gasteiger partial charge in [-0.3, -0.25) is 4.79 Å². The van der Waals surface area contributed by atoms with Crippen molar-refractivity contribution in [1.82, 2.24) is 0 Å². The minimum Gasteiger partial charge on any atom is -0.496 e. The van der Waals surface area contributed by atoms with Crippen LogP contribution in [0.25, 0.3) is 10.1 Å². The summed E-state index contributed by atoms with van der Waals surface area (Å²) in [6.07, 6.45) is 0.837. The van der Waals surface area contributed by atoms with Gasteiger partial charge in [0.2, 0.25) is 0 Å². The zero-order chi connectivity index (χ0) is 10.8. The Morgan fingerprint density at radius 2 is 1.87 bits per heavy atom. The number of thiophene rings is 1. The summed E-state index contributed by atoms with van der Waals surface area (Å²) in [4.78, 5) is 11.4. The number of aldehydes is 1. The average molecular weight is 222 g/mol. The number of fused-ring (bicyclic) bond motifs is 1. The van der Waals surface area contributed by atoms with Crippen molar-refractivity contribution in [3.05, 3.63) is 23.1 Å². The molecule has 0 spiro atoms. The fourth-order valence-corrected chi connectivity index (χ4v) is 2.47. The monoisotopic (exact) mass is 222 g/mol. The zero-order valence-electron chi connectivity index (χ0n) is 8.44. The van der Waals surface area contributed by atoms with E-state index in [9.17, 15) is 4.79 Å². The van der Waals surface area contributed by atoms with Crippen LogP contribution in [0.3, 0.4) is 0 Å². The fourth-order valence-electron chi connectivity index (χ4n) is 1.49. The molecule has 0 saturated heterocycles. The van der Waals surface area contributed by atoms with Crippen molar-refractivity contribution >= 4 is 27.7 Å². The number of hydrogen-bond acceptors (Lipinski definition) is 4. The van der Waals surface area contributed by atoms with Crippen LogP contribution in [0.5, 0.6) is 11.5 Å². The van der Waals surface area contributed by atoms with Crippen LogP contribution in [-0.2, 0) is 0 Å². The number of rotatable bonds is 3. The van der Waals surface area contributed by atoms with Gasteiger partial charge in [-0.15, -0.1) is 11.3 Å². The van der Waals surface area contributed by atoms with Crippen molar-refractivity contribution in [3.63, 3.8) is 0 Å². The lowest BCUT2D eigenvalue weighted by Crippen LogP contribution is -1.86. The third-order valence-electron chi connectivity index (χ3n) is 2.18. The smallest absolute Gasteiger partial charge is 0.160 e. The van der Waals surface area contributed by atoms with Gasteiger partial charge >= 0.3 is 0 Å². The Balaban J connectivity index is 2.77. The average Bonchev–Trinajstić information content (AvgIpc) is 2.71. The van der Waals surface area contributed by atoms with Crippen LogP contribution in [0, 0.1) is 0 Å². The summed E-state index contributed by atoms with van der Waals surface area (Å²) in [5.74, 6) is 1.53. The maximum Gasteiger partial charge on any atom is 0.160 e. The molecule has 2 rings (SSSR count). The second kappa shape index (κ2) is 3.90. The van der Waals surface area contributed by atoms with E-state index in [4.69, 9.17) is 9.47 Å². The van der Waals surface area contributed by atoms with Crippen LogP contribution < -0.4 is 9.47 Å². The van der Waals surface area contributed by atoms with Gasteiger partial charge in [0.05, 0.1) is 23.8 Å². The van der Waals surface area contributed by atoms with E-state index in [-0.39, 0.29) is 0 Å². The molecule has 0 aliphatic rings. The topological polar surface area (TPSA) is 35.5 Å². The molecule has 0 aliphatic heterocycles. The van der Waals surface area contributed by atoms with Crippen molar-refractivity contribution in [3.8, 4) is 11.5 Å². The molecule has 0 radical (unpaired) electrons. The van der Waals surface area contributed by atoms with Gasteiger partial charge in [-0.05, 0) is 18.2 Å². The predicted molar refractivity (Wildman–Crippen MR) is 60.3 cm³/mol. The first-order valence-electron chi connectivity index (χ1n) is 4.40. The zero-order valence-corrected chi connectivity index (χ0v) is 9.26. The Kier molecular flexibility index (Phi) is 2.60. The van der Waals surface area contributed by atoms with Crippen LogP contribution in [0.1, 0.15) is 9.67 Å². The summed E-state index contributed by atoms with van der Waals surface area (Å²) in [6.45, 7) is 0. The lowest BCUT2D eigenvalue weighted by molar-refractivity contribution is 0.112. The first kappa shape index (κ1) is 9.98. The molecule has 0 bridgehead atoms. The van der Waals surface area contributed by atoms with E-state index in [0.717, 1.165) is 27.9 Å². The summed E-state index contributed by atoms with van der Waals surface area (Å²) >= 11 is 1.40. The van der Waals surface area contributed by atoms with Gasteiger partial charge in [0.25, 0.3) is 0 Å². The number of hydrogen-bond donors (Lipinski definition) is 0. The number of carbonyl (C=O) groups excluding carboxylic acids is 1. The van der Waals surface area contributed by atoms with Crippen molar-refractivity contribution < 1.29 is 14.3 Å². The number of methoxy groups -OCH3 is 2. The van der Waals surface area contributed by atoms with Gasteiger partial charge in [-0.25, -0.2) is 0 Å². The van der Waals surface area contributed by atoms with E-state index in [2.05, 4.69) is 0 Å². The normalized spacial score (nSPS) is 10.3. The largest absolute Gasteiger partial charge is 0.496 e. The molecule has 4 heteroatoms. The first-order valence-corrected chi connectivity index (χ1v) is 5.21. The molecule has 0 atom stereocenters. The Morgan fingerprint density at radius 3 is 2.47 bits per heavy atom. The molecule has 1 aromatic heterocycles. The van der Waals surface area contributed by atoms with E-state index in [0.29, 0.717) is 4.88 Å². The van der Waals surface area contributed by atoms with Gasteiger partial charge in [0.1, 0.15) is 11.5 Å². The van der Waals surface area contributed by atoms with E-state index < -0.39 is 0 Å². The Bertz CT molecular complexity index is 461. The fraction of sp³-hybridized carbons (Fsp3) is 0.182. The Hall–Kier alpha value is -1.55. The minimum absolute atomic E-state index is 0.674. The van der Waals surface area contributed by atoms with E-state index in [1.807, 2.05) is 18.2 Å². The van der Waals surface area contributed by atoms with E-state index in [1.54, 1.807) is 14.2 Å². The third kappa shape index (κ3) is 1.57. The van der Waals surface area contributed by atoms with Crippen LogP contribution in [-0.4, -0.2) is 20.5 Å². The Labute approximate surface area is 91.2 Å². The molecular weight excluding hydrogens is 212 g/mol. The number of ether oxygens (including phenoxy) is 2. The van der Waals surface area contributed by atoms with E-state index in [1.165, 1.54) is 11.3 Å². The Morgan fingerprint density at radius 1 is 1.20 bits per heavy atom.